The summed E-state index contributed by atoms with van der Waals surface area (Å²) in [5.74, 6) is -0.368. The number of carboxylic acids is 1. The smallest absolute Gasteiger partial charge is 0.306 e. The van der Waals surface area contributed by atoms with Crippen molar-refractivity contribution < 1.29 is 20.1 Å². The van der Waals surface area contributed by atoms with E-state index in [1.54, 1.807) is 6.92 Å². The Morgan fingerprint density at radius 3 is 2.12 bits per heavy atom. The lowest BCUT2D eigenvalue weighted by Crippen LogP contribution is -2.45. The Bertz CT molecular complexity index is 337. The summed E-state index contributed by atoms with van der Waals surface area (Å²) in [5.41, 5.74) is 0. The zero-order valence-corrected chi connectivity index (χ0v) is 16.2. The summed E-state index contributed by atoms with van der Waals surface area (Å²) in [6.07, 6.45) is 5.07. The van der Waals surface area contributed by atoms with Gasteiger partial charge in [0.25, 0.3) is 0 Å². The average Bonchev–Trinajstić information content (AvgIpc) is 2.53. The molecule has 0 aliphatic carbocycles. The first-order valence-electron chi connectivity index (χ1n) is 9.49. The molecule has 0 saturated carbocycles. The quantitative estimate of drug-likeness (QED) is 0.451. The van der Waals surface area contributed by atoms with Crippen molar-refractivity contribution in [3.63, 3.8) is 0 Å². The van der Waals surface area contributed by atoms with Crippen LogP contribution in [0.5, 0.6) is 0 Å². The van der Waals surface area contributed by atoms with Crippen molar-refractivity contribution in [3.8, 4) is 0 Å². The molecule has 0 aromatic heterocycles. The maximum atomic E-state index is 10.8. The highest BCUT2D eigenvalue weighted by molar-refractivity contribution is 5.69. The second kappa shape index (κ2) is 12.7. The van der Waals surface area contributed by atoms with E-state index < -0.39 is 18.2 Å². The zero-order chi connectivity index (χ0) is 18.7. The third-order valence-corrected chi connectivity index (χ3v) is 5.13. The molecule has 5 atom stereocenters. The molecule has 0 bridgehead atoms. The van der Waals surface area contributed by atoms with Crippen molar-refractivity contribution in [2.75, 3.05) is 13.6 Å². The summed E-state index contributed by atoms with van der Waals surface area (Å²) in [6, 6.07) is -0.0572. The largest absolute Gasteiger partial charge is 0.481 e. The van der Waals surface area contributed by atoms with Crippen LogP contribution in [0.2, 0.25) is 0 Å². The van der Waals surface area contributed by atoms with E-state index in [0.29, 0.717) is 12.3 Å². The van der Waals surface area contributed by atoms with Gasteiger partial charge in [-0.15, -0.1) is 0 Å². The normalized spacial score (nSPS) is 18.2. The Kier molecular flexibility index (Phi) is 12.3. The van der Waals surface area contributed by atoms with Crippen molar-refractivity contribution in [2.24, 2.45) is 11.8 Å². The van der Waals surface area contributed by atoms with E-state index in [1.807, 2.05) is 20.9 Å². The highest BCUT2D eigenvalue weighted by Gasteiger charge is 2.25. The van der Waals surface area contributed by atoms with Crippen LogP contribution in [-0.2, 0) is 4.79 Å². The molecule has 0 aromatic carbocycles. The fourth-order valence-corrected chi connectivity index (χ4v) is 2.98. The number of aliphatic hydroxyl groups is 2. The van der Waals surface area contributed by atoms with Gasteiger partial charge >= 0.3 is 5.97 Å². The van der Waals surface area contributed by atoms with E-state index in [9.17, 15) is 15.0 Å². The Morgan fingerprint density at radius 1 is 1.00 bits per heavy atom. The van der Waals surface area contributed by atoms with Crippen LogP contribution in [0, 0.1) is 11.8 Å². The number of carboxylic acid groups (broad SMARTS) is 1. The number of likely N-dealkylation sites (N-methyl/N-ethyl adjacent to an activating group) is 1. The predicted molar refractivity (Wildman–Crippen MR) is 98.1 cm³/mol. The topological polar surface area (TPSA) is 81.0 Å². The van der Waals surface area contributed by atoms with Crippen molar-refractivity contribution >= 4 is 5.97 Å². The van der Waals surface area contributed by atoms with E-state index in [1.165, 1.54) is 0 Å². The lowest BCUT2D eigenvalue weighted by atomic mass is 9.95. The molecule has 0 unspecified atom stereocenters. The van der Waals surface area contributed by atoms with Gasteiger partial charge in [0.15, 0.2) is 0 Å². The third kappa shape index (κ3) is 9.60. The van der Waals surface area contributed by atoms with Gasteiger partial charge in [-0.25, -0.2) is 0 Å². The molecule has 0 aliphatic heterocycles. The maximum Gasteiger partial charge on any atom is 0.306 e. The van der Waals surface area contributed by atoms with Gasteiger partial charge in [0, 0.05) is 6.04 Å². The van der Waals surface area contributed by atoms with Crippen LogP contribution in [0.4, 0.5) is 0 Å². The molecule has 0 rings (SSSR count). The van der Waals surface area contributed by atoms with Crippen LogP contribution in [0.25, 0.3) is 0 Å². The second-order valence-electron chi connectivity index (χ2n) is 7.49. The zero-order valence-electron chi connectivity index (χ0n) is 16.2. The molecule has 0 heterocycles. The first-order valence-corrected chi connectivity index (χ1v) is 9.49. The van der Waals surface area contributed by atoms with Gasteiger partial charge in [-0.1, -0.05) is 40.0 Å². The summed E-state index contributed by atoms with van der Waals surface area (Å²) < 4.78 is 0. The summed E-state index contributed by atoms with van der Waals surface area (Å²) in [6.45, 7) is 8.84. The molecule has 0 saturated heterocycles. The Hall–Kier alpha value is -0.650. The molecule has 0 aromatic rings. The molecule has 0 radical (unpaired) electrons. The van der Waals surface area contributed by atoms with Crippen LogP contribution in [0.1, 0.15) is 72.6 Å². The minimum Gasteiger partial charge on any atom is -0.481 e. The lowest BCUT2D eigenvalue weighted by molar-refractivity contribution is -0.141. The molecule has 5 nitrogen and oxygen atoms in total. The predicted octanol–water partition coefficient (Wildman–Crippen LogP) is 3.14. The number of hydrogen-bond acceptors (Lipinski definition) is 4. The van der Waals surface area contributed by atoms with Crippen molar-refractivity contribution in [3.05, 3.63) is 0 Å². The van der Waals surface area contributed by atoms with Gasteiger partial charge in [-0.3, -0.25) is 4.79 Å². The fourth-order valence-electron chi connectivity index (χ4n) is 2.98. The average molecular weight is 346 g/mol. The summed E-state index contributed by atoms with van der Waals surface area (Å²) in [4.78, 5) is 12.9. The number of nitrogens with zero attached hydrogens (tertiary/aromatic N) is 1. The summed E-state index contributed by atoms with van der Waals surface area (Å²) in [7, 11) is 1.99. The van der Waals surface area contributed by atoms with Crippen LogP contribution in [0.15, 0.2) is 0 Å². The highest BCUT2D eigenvalue weighted by atomic mass is 16.4. The standard InChI is InChI=1S/C19H39NO4/c1-6-9-17(21)18(22)16(4)20(5)13-8-11-14(2)10-7-12-15(3)19(23)24/h14-18,21-22H,6-13H2,1-5H3,(H,23,24)/t14-,15+,16+,17+,18+/m0/s1. The Balaban J connectivity index is 3.93. The number of hydrogen-bond donors (Lipinski definition) is 3. The molecule has 144 valence electrons. The maximum absolute atomic E-state index is 10.8. The number of carbonyl (C=O) groups is 1. The van der Waals surface area contributed by atoms with Crippen LogP contribution < -0.4 is 0 Å². The molecule has 5 heteroatoms. The van der Waals surface area contributed by atoms with Crippen molar-refractivity contribution in [2.45, 2.75) is 90.9 Å². The van der Waals surface area contributed by atoms with Gasteiger partial charge in [-0.05, 0) is 52.1 Å². The van der Waals surface area contributed by atoms with Gasteiger partial charge in [0.05, 0.1) is 18.1 Å². The third-order valence-electron chi connectivity index (χ3n) is 5.13. The van der Waals surface area contributed by atoms with E-state index in [2.05, 4.69) is 11.8 Å². The summed E-state index contributed by atoms with van der Waals surface area (Å²) in [5, 5.41) is 29.0. The number of aliphatic carboxylic acids is 1. The van der Waals surface area contributed by atoms with Crippen LogP contribution >= 0.6 is 0 Å². The SMILES string of the molecule is CCC[C@@H](O)[C@H](O)[C@@H](C)N(C)CCC[C@@H](C)CCC[C@@H](C)C(=O)O. The Labute approximate surface area is 148 Å². The number of aliphatic hydroxyl groups excluding tert-OH is 2. The second-order valence-corrected chi connectivity index (χ2v) is 7.49. The molecule has 0 fully saturated rings. The van der Waals surface area contributed by atoms with E-state index in [-0.39, 0.29) is 12.0 Å². The molecule has 0 amide bonds. The molecule has 0 aliphatic rings. The monoisotopic (exact) mass is 345 g/mol. The van der Waals surface area contributed by atoms with Gasteiger partial charge in [0.1, 0.15) is 0 Å². The summed E-state index contributed by atoms with van der Waals surface area (Å²) >= 11 is 0. The fraction of sp³-hybridized carbons (Fsp3) is 0.947. The Morgan fingerprint density at radius 2 is 1.58 bits per heavy atom. The molecule has 3 N–H and O–H groups in total. The molecular weight excluding hydrogens is 306 g/mol. The van der Waals surface area contributed by atoms with E-state index in [4.69, 9.17) is 5.11 Å². The van der Waals surface area contributed by atoms with Crippen LogP contribution in [0.3, 0.4) is 0 Å². The number of rotatable bonds is 14. The molecule has 24 heavy (non-hydrogen) atoms. The van der Waals surface area contributed by atoms with Gasteiger partial charge in [-0.2, -0.15) is 0 Å². The van der Waals surface area contributed by atoms with Crippen molar-refractivity contribution in [1.29, 1.82) is 0 Å². The first kappa shape index (κ1) is 23.4. The van der Waals surface area contributed by atoms with E-state index >= 15 is 0 Å². The van der Waals surface area contributed by atoms with E-state index in [0.717, 1.165) is 45.1 Å². The molecular formula is C19H39NO4. The van der Waals surface area contributed by atoms with Gasteiger partial charge < -0.3 is 20.2 Å². The lowest BCUT2D eigenvalue weighted by Gasteiger charge is -2.31. The highest BCUT2D eigenvalue weighted by Crippen LogP contribution is 2.18. The first-order chi connectivity index (χ1) is 11.2. The minimum atomic E-state index is -0.706. The van der Waals surface area contributed by atoms with Gasteiger partial charge in [0.2, 0.25) is 0 Å². The van der Waals surface area contributed by atoms with Crippen molar-refractivity contribution in [1.82, 2.24) is 4.90 Å². The minimum absolute atomic E-state index is 0.0572. The van der Waals surface area contributed by atoms with Crippen LogP contribution in [-0.4, -0.2) is 58.0 Å². The molecule has 0 spiro atoms.